The van der Waals surface area contributed by atoms with Crippen molar-refractivity contribution in [3.63, 3.8) is 0 Å². The third-order valence-corrected chi connectivity index (χ3v) is 11.2. The predicted molar refractivity (Wildman–Crippen MR) is 248 cm³/mol. The highest BCUT2D eigenvalue weighted by Crippen LogP contribution is 2.35. The third kappa shape index (κ3) is 8.17. The van der Waals surface area contributed by atoms with Crippen molar-refractivity contribution in [2.24, 2.45) is 0 Å². The van der Waals surface area contributed by atoms with E-state index in [0.717, 1.165) is 92.1 Å². The molecule has 0 amide bonds. The summed E-state index contributed by atoms with van der Waals surface area (Å²) in [5.74, 6) is 4.26. The van der Waals surface area contributed by atoms with Gasteiger partial charge in [0.25, 0.3) is 0 Å². The molecule has 0 bridgehead atoms. The summed E-state index contributed by atoms with van der Waals surface area (Å²) < 4.78 is 0. The van der Waals surface area contributed by atoms with Crippen molar-refractivity contribution in [1.82, 2.24) is 29.9 Å². The second-order valence-corrected chi connectivity index (χ2v) is 15.4. The molecule has 2 aliphatic rings. The minimum absolute atomic E-state index is 0.113. The molecule has 0 aliphatic heterocycles. The minimum Gasteiger partial charge on any atom is -0.212 e. The van der Waals surface area contributed by atoms with Crippen LogP contribution in [0.4, 0.5) is 0 Å². The normalized spacial score (nSPS) is 14.5. The third-order valence-electron chi connectivity index (χ3n) is 11.2. The van der Waals surface area contributed by atoms with Gasteiger partial charge < -0.3 is 0 Å². The number of nitrogens with zero attached hydrogens (tertiary/aromatic N) is 6. The minimum atomic E-state index is 0.113. The van der Waals surface area contributed by atoms with E-state index in [9.17, 15) is 0 Å². The van der Waals surface area contributed by atoms with Gasteiger partial charge in [-0.1, -0.05) is 170 Å². The van der Waals surface area contributed by atoms with Crippen molar-refractivity contribution < 1.29 is 0 Å². The molecule has 1 unspecified atom stereocenters. The van der Waals surface area contributed by atoms with Gasteiger partial charge in [0.15, 0.2) is 29.1 Å². The Morgan fingerprint density at radius 3 is 1.52 bits per heavy atom. The number of rotatable bonds is 9. The molecule has 6 heteroatoms. The fourth-order valence-corrected chi connectivity index (χ4v) is 7.96. The van der Waals surface area contributed by atoms with Crippen molar-refractivity contribution in [2.45, 2.75) is 32.1 Å². The average Bonchev–Trinajstić information content (AvgIpc) is 3.35. The van der Waals surface area contributed by atoms with Crippen molar-refractivity contribution in [3.8, 4) is 78.9 Å². The highest BCUT2D eigenvalue weighted by Gasteiger charge is 2.19. The Kier molecular flexibility index (Phi) is 10.4. The summed E-state index contributed by atoms with van der Waals surface area (Å²) in [5, 5.41) is 0. The largest absolute Gasteiger partial charge is 0.212 e. The van der Waals surface area contributed by atoms with Gasteiger partial charge in [-0.3, -0.25) is 0 Å². The number of allylic oxidation sites excluding steroid dienone is 8. The van der Waals surface area contributed by atoms with Crippen LogP contribution in [-0.2, 0) is 0 Å². The maximum absolute atomic E-state index is 5.08. The first-order valence-corrected chi connectivity index (χ1v) is 20.9. The van der Waals surface area contributed by atoms with Crippen molar-refractivity contribution >= 4 is 5.57 Å². The lowest BCUT2D eigenvalue weighted by Crippen LogP contribution is -2.09. The van der Waals surface area contributed by atoms with E-state index in [1.807, 2.05) is 60.7 Å². The van der Waals surface area contributed by atoms with Gasteiger partial charge in [-0.15, -0.1) is 0 Å². The Bertz CT molecular complexity index is 2960. The topological polar surface area (TPSA) is 77.3 Å². The number of benzene rings is 6. The molecule has 292 valence electrons. The molecule has 2 aliphatic carbocycles. The zero-order valence-electron chi connectivity index (χ0n) is 33.9. The number of aromatic nitrogens is 6. The molecule has 0 N–H and O–H groups in total. The van der Waals surface area contributed by atoms with E-state index in [0.29, 0.717) is 23.3 Å². The number of hydrogen-bond acceptors (Lipinski definition) is 6. The number of hydrogen-bond donors (Lipinski definition) is 0. The molecule has 61 heavy (non-hydrogen) atoms. The summed E-state index contributed by atoms with van der Waals surface area (Å²) in [6.45, 7) is 2.17. The van der Waals surface area contributed by atoms with Crippen LogP contribution < -0.4 is 0 Å². The Balaban J connectivity index is 0.979. The van der Waals surface area contributed by atoms with E-state index in [-0.39, 0.29) is 5.92 Å². The smallest absolute Gasteiger partial charge is 0.164 e. The van der Waals surface area contributed by atoms with Crippen LogP contribution in [-0.4, -0.2) is 29.9 Å². The molecule has 0 saturated heterocycles. The van der Waals surface area contributed by atoms with E-state index in [2.05, 4.69) is 140 Å². The van der Waals surface area contributed by atoms with Gasteiger partial charge in [-0.2, -0.15) is 0 Å². The van der Waals surface area contributed by atoms with Crippen LogP contribution >= 0.6 is 0 Å². The van der Waals surface area contributed by atoms with Crippen LogP contribution in [0.5, 0.6) is 0 Å². The van der Waals surface area contributed by atoms with Gasteiger partial charge in [-0.05, 0) is 89.4 Å². The molecule has 0 saturated carbocycles. The van der Waals surface area contributed by atoms with E-state index in [4.69, 9.17) is 29.9 Å². The first-order valence-electron chi connectivity index (χ1n) is 20.9. The van der Waals surface area contributed by atoms with Crippen LogP contribution in [0.25, 0.3) is 84.5 Å². The Hall–Kier alpha value is -7.70. The van der Waals surface area contributed by atoms with Gasteiger partial charge >= 0.3 is 0 Å². The van der Waals surface area contributed by atoms with Crippen LogP contribution in [0, 0.1) is 6.92 Å². The first-order chi connectivity index (χ1) is 30.1. The molecule has 6 nitrogen and oxygen atoms in total. The van der Waals surface area contributed by atoms with E-state index in [1.165, 1.54) is 5.56 Å². The monoisotopic (exact) mass is 786 g/mol. The summed E-state index contributed by atoms with van der Waals surface area (Å²) in [7, 11) is 0. The summed E-state index contributed by atoms with van der Waals surface area (Å²) >= 11 is 0. The van der Waals surface area contributed by atoms with Crippen LogP contribution in [0.3, 0.4) is 0 Å². The SMILES string of the molecule is Cc1ccc(-c2nc(C3=CCCC=C3)nc(C3C=CC=CC3)n2)cc1-c1cccc(-c2cccc(-c3cccc(-c4nc(-c5ccccc5)nc(-c5ccccc5)n4)c3)c2)c1. The molecule has 0 spiro atoms. The molecular weight excluding hydrogens is 745 g/mol. The second-order valence-electron chi connectivity index (χ2n) is 15.4. The fraction of sp³-hybridized carbons (Fsp3) is 0.0909. The van der Waals surface area contributed by atoms with Gasteiger partial charge in [0, 0.05) is 33.7 Å². The van der Waals surface area contributed by atoms with Crippen molar-refractivity contribution in [2.75, 3.05) is 0 Å². The summed E-state index contributed by atoms with van der Waals surface area (Å²) in [6, 6.07) is 52.7. The fourth-order valence-electron chi connectivity index (χ4n) is 7.96. The zero-order chi connectivity index (χ0) is 41.0. The molecule has 10 rings (SSSR count). The molecular formula is C55H42N6. The Labute approximate surface area is 356 Å². The van der Waals surface area contributed by atoms with E-state index in [1.54, 1.807) is 0 Å². The lowest BCUT2D eigenvalue weighted by molar-refractivity contribution is 0.756. The molecule has 2 aromatic heterocycles. The molecule has 0 fully saturated rings. The molecule has 8 aromatic rings. The molecule has 0 radical (unpaired) electrons. The van der Waals surface area contributed by atoms with Gasteiger partial charge in [-0.25, -0.2) is 29.9 Å². The maximum Gasteiger partial charge on any atom is 0.164 e. The standard InChI is InChI=1S/C55H42N6/c1-37-31-32-48(55-60-52(40-21-10-4-11-22-40)57-53(61-55)41-23-12-5-13-24-41)36-49(37)46-29-15-27-44(34-46)42-25-14-26-43(33-42)45-28-16-30-47(35-45)54-58-50(38-17-6-2-7-18-38)56-51(59-54)39-19-8-3-9-20-39/h2-4,6-12,14-21,23-36,40H,5,13,22H2,1H3. The van der Waals surface area contributed by atoms with E-state index >= 15 is 0 Å². The quantitative estimate of drug-likeness (QED) is 0.145. The second kappa shape index (κ2) is 16.9. The van der Waals surface area contributed by atoms with E-state index < -0.39 is 0 Å². The van der Waals surface area contributed by atoms with Crippen LogP contribution in [0.15, 0.2) is 194 Å². The van der Waals surface area contributed by atoms with Crippen LogP contribution in [0.1, 0.15) is 42.4 Å². The van der Waals surface area contributed by atoms with Gasteiger partial charge in [0.05, 0.1) is 0 Å². The maximum atomic E-state index is 5.08. The Morgan fingerprint density at radius 2 is 0.918 bits per heavy atom. The summed E-state index contributed by atoms with van der Waals surface area (Å²) in [5.41, 5.74) is 12.8. The molecule has 1 atom stereocenters. The average molecular weight is 787 g/mol. The van der Waals surface area contributed by atoms with Gasteiger partial charge in [0.1, 0.15) is 5.82 Å². The summed E-state index contributed by atoms with van der Waals surface area (Å²) in [6.07, 6.45) is 18.0. The van der Waals surface area contributed by atoms with Crippen molar-refractivity contribution in [3.05, 3.63) is 211 Å². The van der Waals surface area contributed by atoms with Gasteiger partial charge in [0.2, 0.25) is 0 Å². The van der Waals surface area contributed by atoms with Crippen LogP contribution in [0.2, 0.25) is 0 Å². The summed E-state index contributed by atoms with van der Waals surface area (Å²) in [4.78, 5) is 30.0. The number of aryl methyl sites for hydroxylation is 1. The predicted octanol–water partition coefficient (Wildman–Crippen LogP) is 13.4. The Morgan fingerprint density at radius 1 is 0.410 bits per heavy atom. The molecule has 6 aromatic carbocycles. The lowest BCUT2D eigenvalue weighted by Gasteiger charge is -2.16. The molecule has 2 heterocycles. The van der Waals surface area contributed by atoms with Crippen molar-refractivity contribution in [1.29, 1.82) is 0 Å². The highest BCUT2D eigenvalue weighted by molar-refractivity contribution is 5.81. The highest BCUT2D eigenvalue weighted by atomic mass is 15.0. The zero-order valence-corrected chi connectivity index (χ0v) is 33.9. The lowest BCUT2D eigenvalue weighted by atomic mass is 9.93. The first kappa shape index (κ1) is 37.6.